The van der Waals surface area contributed by atoms with Crippen molar-refractivity contribution in [1.29, 1.82) is 0 Å². The predicted octanol–water partition coefficient (Wildman–Crippen LogP) is 5.69. The highest BCUT2D eigenvalue weighted by Crippen LogP contribution is 2.23. The van der Waals surface area contributed by atoms with Crippen molar-refractivity contribution in [2.24, 2.45) is 0 Å². The van der Waals surface area contributed by atoms with Gasteiger partial charge in [0.1, 0.15) is 12.4 Å². The molecule has 0 saturated heterocycles. The number of urea groups is 1. The summed E-state index contributed by atoms with van der Waals surface area (Å²) in [5.74, 6) is 1.05. The largest absolute Gasteiger partial charge is 0.487 e. The van der Waals surface area contributed by atoms with E-state index in [2.05, 4.69) is 21.9 Å². The molecule has 192 valence electrons. The van der Waals surface area contributed by atoms with E-state index in [1.165, 1.54) is 17.7 Å². The third kappa shape index (κ3) is 7.30. The summed E-state index contributed by atoms with van der Waals surface area (Å²) in [5, 5.41) is 3.73. The highest BCUT2D eigenvalue weighted by Gasteiger charge is 2.17. The number of amides is 2. The van der Waals surface area contributed by atoms with Crippen molar-refractivity contribution in [3.05, 3.63) is 102 Å². The summed E-state index contributed by atoms with van der Waals surface area (Å²) >= 11 is 0. The van der Waals surface area contributed by atoms with Crippen LogP contribution in [0.2, 0.25) is 0 Å². The Labute approximate surface area is 218 Å². The number of fused-ring (bicyclic) bond motifs is 1. The van der Waals surface area contributed by atoms with Crippen molar-refractivity contribution in [3.63, 3.8) is 0 Å². The van der Waals surface area contributed by atoms with Crippen LogP contribution < -0.4 is 14.8 Å². The van der Waals surface area contributed by atoms with E-state index >= 15 is 0 Å². The molecule has 0 fully saturated rings. The van der Waals surface area contributed by atoms with Crippen molar-refractivity contribution in [2.45, 2.75) is 44.1 Å². The number of hydrogen-bond donors (Lipinski definition) is 2. The quantitative estimate of drug-likeness (QED) is 0.263. The lowest BCUT2D eigenvalue weighted by molar-refractivity contribution is 0.245. The van der Waals surface area contributed by atoms with Gasteiger partial charge in [-0.1, -0.05) is 61.0 Å². The monoisotopic (exact) mass is 517 g/mol. The van der Waals surface area contributed by atoms with Gasteiger partial charge in [0.2, 0.25) is 0 Å². The Bertz CT molecular complexity index is 1450. The fourth-order valence-electron chi connectivity index (χ4n) is 3.95. The number of para-hydroxylation sites is 1. The summed E-state index contributed by atoms with van der Waals surface area (Å²) in [6, 6.07) is 25.6. The number of aryl methyl sites for hydroxylation is 1. The van der Waals surface area contributed by atoms with E-state index in [9.17, 15) is 13.2 Å². The van der Waals surface area contributed by atoms with Crippen LogP contribution in [0.25, 0.3) is 10.9 Å². The Morgan fingerprint density at radius 2 is 1.68 bits per heavy atom. The third-order valence-electron chi connectivity index (χ3n) is 6.15. The lowest BCUT2D eigenvalue weighted by Crippen LogP contribution is -2.39. The Balaban J connectivity index is 1.19. The minimum Gasteiger partial charge on any atom is -0.487 e. The van der Waals surface area contributed by atoms with Gasteiger partial charge in [-0.25, -0.2) is 22.9 Å². The standard InChI is InChI=1S/C29H31N3O4S/c1-21-9-17-27(18-10-21)37(34,35)32-29(33)30-19-5-6-22(2)23-12-15-26(16-13-23)36-20-25-14-11-24-7-3-4-8-28(24)31-25/h3-4,7-18,22H,5-6,19-20H2,1-2H3,(H2,30,32,33). The van der Waals surface area contributed by atoms with E-state index in [0.717, 1.165) is 34.3 Å². The van der Waals surface area contributed by atoms with E-state index in [1.54, 1.807) is 12.1 Å². The molecule has 37 heavy (non-hydrogen) atoms. The zero-order valence-electron chi connectivity index (χ0n) is 21.0. The fraction of sp³-hybridized carbons (Fsp3) is 0.241. The second-order valence-corrected chi connectivity index (χ2v) is 10.8. The summed E-state index contributed by atoms with van der Waals surface area (Å²) in [4.78, 5) is 16.8. The van der Waals surface area contributed by atoms with Crippen LogP contribution in [0, 0.1) is 6.92 Å². The number of pyridine rings is 1. The highest BCUT2D eigenvalue weighted by molar-refractivity contribution is 7.90. The van der Waals surface area contributed by atoms with Crippen molar-refractivity contribution in [3.8, 4) is 5.75 Å². The van der Waals surface area contributed by atoms with E-state index < -0.39 is 16.1 Å². The third-order valence-corrected chi connectivity index (χ3v) is 7.50. The lowest BCUT2D eigenvalue weighted by Gasteiger charge is -2.14. The van der Waals surface area contributed by atoms with Gasteiger partial charge in [0.15, 0.2) is 0 Å². The van der Waals surface area contributed by atoms with Crippen molar-refractivity contribution in [2.75, 3.05) is 6.54 Å². The molecule has 0 aliphatic carbocycles. The van der Waals surface area contributed by atoms with Gasteiger partial charge < -0.3 is 10.1 Å². The summed E-state index contributed by atoms with van der Waals surface area (Å²) in [6.45, 7) is 4.76. The van der Waals surface area contributed by atoms with Gasteiger partial charge in [-0.2, -0.15) is 0 Å². The Hall–Kier alpha value is -3.91. The first-order chi connectivity index (χ1) is 17.8. The minimum atomic E-state index is -3.89. The van der Waals surface area contributed by atoms with Crippen LogP contribution in [-0.4, -0.2) is 26.0 Å². The SMILES string of the molecule is Cc1ccc(S(=O)(=O)NC(=O)NCCCC(C)c2ccc(OCc3ccc4ccccc4n3)cc2)cc1. The van der Waals surface area contributed by atoms with Gasteiger partial charge in [0.25, 0.3) is 10.0 Å². The smallest absolute Gasteiger partial charge is 0.328 e. The van der Waals surface area contributed by atoms with Crippen molar-refractivity contribution >= 4 is 27.0 Å². The van der Waals surface area contributed by atoms with Gasteiger partial charge in [0.05, 0.1) is 16.1 Å². The molecule has 1 heterocycles. The minimum absolute atomic E-state index is 0.0582. The number of rotatable bonds is 10. The normalized spacial score (nSPS) is 12.2. The highest BCUT2D eigenvalue weighted by atomic mass is 32.2. The molecule has 8 heteroatoms. The van der Waals surface area contributed by atoms with Crippen LogP contribution in [0.15, 0.2) is 89.8 Å². The van der Waals surface area contributed by atoms with Crippen LogP contribution in [0.1, 0.15) is 42.5 Å². The molecule has 2 N–H and O–H groups in total. The second-order valence-electron chi connectivity index (χ2n) is 9.07. The number of hydrogen-bond acceptors (Lipinski definition) is 5. The Kier molecular flexibility index (Phi) is 8.40. The molecular formula is C29H31N3O4S. The summed E-state index contributed by atoms with van der Waals surface area (Å²) in [6.07, 6.45) is 1.55. The number of carbonyl (C=O) groups excluding carboxylic acids is 1. The van der Waals surface area contributed by atoms with E-state index in [1.807, 2.05) is 67.6 Å². The molecular weight excluding hydrogens is 486 g/mol. The van der Waals surface area contributed by atoms with E-state index in [4.69, 9.17) is 4.74 Å². The second kappa shape index (κ2) is 11.9. The van der Waals surface area contributed by atoms with Crippen LogP contribution in [0.3, 0.4) is 0 Å². The van der Waals surface area contributed by atoms with Crippen molar-refractivity contribution in [1.82, 2.24) is 15.0 Å². The number of nitrogens with zero attached hydrogens (tertiary/aromatic N) is 1. The number of benzene rings is 3. The first-order valence-corrected chi connectivity index (χ1v) is 13.7. The first-order valence-electron chi connectivity index (χ1n) is 12.2. The molecule has 7 nitrogen and oxygen atoms in total. The molecule has 0 bridgehead atoms. The molecule has 1 unspecified atom stereocenters. The van der Waals surface area contributed by atoms with Crippen molar-refractivity contribution < 1.29 is 17.9 Å². The number of ether oxygens (including phenoxy) is 1. The summed E-state index contributed by atoms with van der Waals surface area (Å²) < 4.78 is 32.6. The molecule has 0 aliphatic heterocycles. The molecule has 4 aromatic rings. The molecule has 1 aromatic heterocycles. The topological polar surface area (TPSA) is 97.4 Å². The maximum Gasteiger partial charge on any atom is 0.328 e. The Morgan fingerprint density at radius 1 is 0.946 bits per heavy atom. The average Bonchev–Trinajstić information content (AvgIpc) is 2.90. The molecule has 4 rings (SSSR count). The number of aromatic nitrogens is 1. The maximum atomic E-state index is 12.3. The zero-order chi connectivity index (χ0) is 26.3. The fourth-order valence-corrected chi connectivity index (χ4v) is 4.88. The predicted molar refractivity (Wildman–Crippen MR) is 145 cm³/mol. The van der Waals surface area contributed by atoms with E-state index in [0.29, 0.717) is 19.6 Å². The Morgan fingerprint density at radius 3 is 2.43 bits per heavy atom. The maximum absolute atomic E-state index is 12.3. The molecule has 1 atom stereocenters. The average molecular weight is 518 g/mol. The van der Waals surface area contributed by atoms with Gasteiger partial charge in [-0.3, -0.25) is 0 Å². The lowest BCUT2D eigenvalue weighted by atomic mass is 9.96. The summed E-state index contributed by atoms with van der Waals surface area (Å²) in [7, 11) is -3.89. The van der Waals surface area contributed by atoms with Crippen LogP contribution >= 0.6 is 0 Å². The molecule has 0 aliphatic rings. The van der Waals surface area contributed by atoms with Gasteiger partial charge in [-0.15, -0.1) is 0 Å². The molecule has 3 aromatic carbocycles. The van der Waals surface area contributed by atoms with Gasteiger partial charge >= 0.3 is 6.03 Å². The number of carbonyl (C=O) groups is 1. The van der Waals surface area contributed by atoms with Crippen LogP contribution in [0.5, 0.6) is 5.75 Å². The van der Waals surface area contributed by atoms with Crippen LogP contribution in [-0.2, 0) is 16.6 Å². The zero-order valence-corrected chi connectivity index (χ0v) is 21.8. The molecule has 0 radical (unpaired) electrons. The van der Waals surface area contributed by atoms with Crippen LogP contribution in [0.4, 0.5) is 4.79 Å². The molecule has 2 amide bonds. The number of sulfonamides is 1. The molecule has 0 saturated carbocycles. The first kappa shape index (κ1) is 26.2. The van der Waals surface area contributed by atoms with E-state index in [-0.39, 0.29) is 10.8 Å². The van der Waals surface area contributed by atoms with Gasteiger partial charge in [-0.05, 0) is 67.6 Å². The summed E-state index contributed by atoms with van der Waals surface area (Å²) in [5.41, 5.74) is 3.94. The number of nitrogens with one attached hydrogen (secondary N) is 2. The van der Waals surface area contributed by atoms with Gasteiger partial charge in [0, 0.05) is 11.9 Å². The molecule has 0 spiro atoms.